The Morgan fingerprint density at radius 3 is 2.89 bits per heavy atom. The molecular formula is C6H8O3. The van der Waals surface area contributed by atoms with Gasteiger partial charge in [0.2, 0.25) is 0 Å². The average molecular weight is 128 g/mol. The van der Waals surface area contributed by atoms with Gasteiger partial charge in [-0.25, -0.2) is 0 Å². The molecule has 0 amide bonds. The number of carbonyl (C=O) groups is 1. The van der Waals surface area contributed by atoms with E-state index in [9.17, 15) is 4.79 Å². The monoisotopic (exact) mass is 128 g/mol. The van der Waals surface area contributed by atoms with Crippen LogP contribution in [0.15, 0.2) is 0 Å². The summed E-state index contributed by atoms with van der Waals surface area (Å²) in [7, 11) is 0. The summed E-state index contributed by atoms with van der Waals surface area (Å²) in [6, 6.07) is 0. The van der Waals surface area contributed by atoms with Crippen LogP contribution in [0, 0.1) is 12.5 Å². The fourth-order valence-electron chi connectivity index (χ4n) is 0.752. The molecule has 50 valence electrons. The van der Waals surface area contributed by atoms with E-state index in [0.29, 0.717) is 13.0 Å². The van der Waals surface area contributed by atoms with Gasteiger partial charge >= 0.3 is 5.97 Å². The molecule has 1 fully saturated rings. The van der Waals surface area contributed by atoms with Gasteiger partial charge in [0.05, 0.1) is 5.92 Å². The molecule has 1 N–H and O–H groups in total. The second kappa shape index (κ2) is 2.82. The number of aliphatic carboxylic acids is 1. The highest BCUT2D eigenvalue weighted by atomic mass is 16.5. The van der Waals surface area contributed by atoms with Crippen molar-refractivity contribution in [1.82, 2.24) is 0 Å². The molecule has 0 aromatic heterocycles. The van der Waals surface area contributed by atoms with Crippen LogP contribution < -0.4 is 0 Å². The molecule has 1 saturated heterocycles. The Bertz CT molecular complexity index is 105. The fraction of sp³-hybridized carbons (Fsp3) is 0.667. The summed E-state index contributed by atoms with van der Waals surface area (Å²) < 4.78 is 4.71. The van der Waals surface area contributed by atoms with Gasteiger partial charge in [-0.3, -0.25) is 4.79 Å². The zero-order valence-corrected chi connectivity index (χ0v) is 4.96. The Morgan fingerprint density at radius 1 is 1.78 bits per heavy atom. The first-order valence-electron chi connectivity index (χ1n) is 2.91. The molecular weight excluding hydrogens is 120 g/mol. The predicted octanol–water partition coefficient (Wildman–Crippen LogP) is 0.536. The van der Waals surface area contributed by atoms with Crippen LogP contribution in [0.1, 0.15) is 12.8 Å². The molecule has 0 saturated carbocycles. The summed E-state index contributed by atoms with van der Waals surface area (Å²) in [5, 5.41) is 8.40. The van der Waals surface area contributed by atoms with Crippen molar-refractivity contribution in [3.05, 3.63) is 6.61 Å². The molecule has 9 heavy (non-hydrogen) atoms. The number of rotatable bonds is 1. The largest absolute Gasteiger partial charge is 0.481 e. The molecule has 1 unspecified atom stereocenters. The zero-order chi connectivity index (χ0) is 6.69. The Labute approximate surface area is 53.6 Å². The Balaban J connectivity index is 2.31. The highest BCUT2D eigenvalue weighted by molar-refractivity contribution is 5.71. The Morgan fingerprint density at radius 2 is 2.56 bits per heavy atom. The fourth-order valence-corrected chi connectivity index (χ4v) is 0.752. The van der Waals surface area contributed by atoms with Crippen molar-refractivity contribution in [3.8, 4) is 0 Å². The van der Waals surface area contributed by atoms with Crippen LogP contribution >= 0.6 is 0 Å². The molecule has 1 heterocycles. The Hall–Kier alpha value is -0.570. The SMILES string of the molecule is O=C(O)C1[C]OCCC1. The van der Waals surface area contributed by atoms with Crippen molar-refractivity contribution in [3.63, 3.8) is 0 Å². The lowest BCUT2D eigenvalue weighted by molar-refractivity contribution is -0.143. The van der Waals surface area contributed by atoms with Crippen LogP contribution in [0.5, 0.6) is 0 Å². The third-order valence-electron chi connectivity index (χ3n) is 1.26. The second-order valence-corrected chi connectivity index (χ2v) is 2.00. The minimum atomic E-state index is -0.838. The van der Waals surface area contributed by atoms with Crippen molar-refractivity contribution < 1.29 is 14.6 Å². The molecule has 3 heteroatoms. The smallest absolute Gasteiger partial charge is 0.309 e. The summed E-state index contributed by atoms with van der Waals surface area (Å²) in [5.74, 6) is -1.34. The molecule has 0 aliphatic carbocycles. The van der Waals surface area contributed by atoms with Gasteiger partial charge in [0, 0.05) is 6.61 Å². The van der Waals surface area contributed by atoms with Gasteiger partial charge in [-0.15, -0.1) is 0 Å². The summed E-state index contributed by atoms with van der Waals surface area (Å²) in [6.07, 6.45) is 1.49. The topological polar surface area (TPSA) is 46.5 Å². The van der Waals surface area contributed by atoms with E-state index in [1.807, 2.05) is 0 Å². The van der Waals surface area contributed by atoms with E-state index in [1.54, 1.807) is 0 Å². The van der Waals surface area contributed by atoms with E-state index in [0.717, 1.165) is 6.42 Å². The second-order valence-electron chi connectivity index (χ2n) is 2.00. The maximum absolute atomic E-state index is 10.2. The van der Waals surface area contributed by atoms with Crippen LogP contribution in [0.4, 0.5) is 0 Å². The maximum atomic E-state index is 10.2. The molecule has 0 aromatic carbocycles. The first-order valence-corrected chi connectivity index (χ1v) is 2.91. The molecule has 0 aromatic rings. The summed E-state index contributed by atoms with van der Waals surface area (Å²) in [4.78, 5) is 10.2. The lowest BCUT2D eigenvalue weighted by Gasteiger charge is -2.15. The standard InChI is InChI=1S/C6H8O3/c7-6(8)5-2-1-3-9-4-5/h5H,1-3H2,(H,7,8). The van der Waals surface area contributed by atoms with Gasteiger partial charge in [-0.2, -0.15) is 0 Å². The zero-order valence-electron chi connectivity index (χ0n) is 4.96. The van der Waals surface area contributed by atoms with Gasteiger partial charge in [0.1, 0.15) is 6.61 Å². The third-order valence-corrected chi connectivity index (χ3v) is 1.26. The third kappa shape index (κ3) is 1.68. The molecule has 1 rings (SSSR count). The van der Waals surface area contributed by atoms with Crippen molar-refractivity contribution in [1.29, 1.82) is 0 Å². The first-order chi connectivity index (χ1) is 4.30. The summed E-state index contributed by atoms with van der Waals surface area (Å²) >= 11 is 0. The van der Waals surface area contributed by atoms with Gasteiger partial charge in [0.25, 0.3) is 0 Å². The number of hydrogen-bond acceptors (Lipinski definition) is 2. The predicted molar refractivity (Wildman–Crippen MR) is 29.6 cm³/mol. The number of ether oxygens (including phenoxy) is 1. The molecule has 3 nitrogen and oxygen atoms in total. The quantitative estimate of drug-likeness (QED) is 0.560. The normalized spacial score (nSPS) is 27.8. The van der Waals surface area contributed by atoms with E-state index in [2.05, 4.69) is 6.61 Å². The van der Waals surface area contributed by atoms with E-state index < -0.39 is 11.9 Å². The lowest BCUT2D eigenvalue weighted by atomic mass is 10.0. The van der Waals surface area contributed by atoms with Gasteiger partial charge in [-0.1, -0.05) is 0 Å². The van der Waals surface area contributed by atoms with E-state index in [-0.39, 0.29) is 0 Å². The van der Waals surface area contributed by atoms with Gasteiger partial charge in [0.15, 0.2) is 0 Å². The van der Waals surface area contributed by atoms with Crippen molar-refractivity contribution in [2.45, 2.75) is 12.8 Å². The molecule has 1 aliphatic heterocycles. The van der Waals surface area contributed by atoms with Gasteiger partial charge < -0.3 is 9.84 Å². The summed E-state index contributed by atoms with van der Waals surface area (Å²) in [6.45, 7) is 3.03. The average Bonchev–Trinajstić information content (AvgIpc) is 1.90. The summed E-state index contributed by atoms with van der Waals surface area (Å²) in [5.41, 5.74) is 0. The number of carboxylic acid groups (broad SMARTS) is 1. The van der Waals surface area contributed by atoms with Crippen molar-refractivity contribution in [2.24, 2.45) is 5.92 Å². The van der Waals surface area contributed by atoms with Crippen LogP contribution in [-0.2, 0) is 9.53 Å². The molecule has 2 radical (unpaired) electrons. The maximum Gasteiger partial charge on any atom is 0.309 e. The van der Waals surface area contributed by atoms with Crippen LogP contribution in [0.25, 0.3) is 0 Å². The van der Waals surface area contributed by atoms with E-state index in [4.69, 9.17) is 9.84 Å². The minimum Gasteiger partial charge on any atom is -0.481 e. The van der Waals surface area contributed by atoms with Crippen LogP contribution in [0.3, 0.4) is 0 Å². The van der Waals surface area contributed by atoms with Gasteiger partial charge in [-0.05, 0) is 12.8 Å². The van der Waals surface area contributed by atoms with Crippen LogP contribution in [-0.4, -0.2) is 17.7 Å². The highest BCUT2D eigenvalue weighted by Gasteiger charge is 2.21. The lowest BCUT2D eigenvalue weighted by Crippen LogP contribution is -2.20. The van der Waals surface area contributed by atoms with E-state index >= 15 is 0 Å². The number of hydrogen-bond donors (Lipinski definition) is 1. The molecule has 0 spiro atoms. The molecule has 1 atom stereocenters. The van der Waals surface area contributed by atoms with Crippen molar-refractivity contribution in [2.75, 3.05) is 6.61 Å². The number of carboxylic acids is 1. The molecule has 0 bridgehead atoms. The Kier molecular flexibility index (Phi) is 2.05. The van der Waals surface area contributed by atoms with Crippen molar-refractivity contribution >= 4 is 5.97 Å². The van der Waals surface area contributed by atoms with E-state index in [1.165, 1.54) is 0 Å². The van der Waals surface area contributed by atoms with Crippen LogP contribution in [0.2, 0.25) is 0 Å². The molecule has 1 aliphatic rings. The minimum absolute atomic E-state index is 0.501. The first kappa shape index (κ1) is 6.55. The highest BCUT2D eigenvalue weighted by Crippen LogP contribution is 2.16.